The van der Waals surface area contributed by atoms with E-state index in [2.05, 4.69) is 218 Å². The molecule has 2 heteroatoms. The molecular formula is C56H46N2. The maximum atomic E-state index is 2.56. The summed E-state index contributed by atoms with van der Waals surface area (Å²) in [6.45, 7) is 4.73. The molecule has 0 amide bonds. The predicted molar refractivity (Wildman–Crippen MR) is 243 cm³/mol. The Hall–Kier alpha value is -6.64. The Kier molecular flexibility index (Phi) is 8.05. The number of aryl methyl sites for hydroxylation is 2. The molecule has 0 heterocycles. The van der Waals surface area contributed by atoms with Crippen molar-refractivity contribution in [1.29, 1.82) is 0 Å². The van der Waals surface area contributed by atoms with Gasteiger partial charge in [0.2, 0.25) is 0 Å². The largest absolute Gasteiger partial charge is 0.310 e. The Morgan fingerprint density at radius 3 is 1.53 bits per heavy atom. The van der Waals surface area contributed by atoms with Crippen LogP contribution >= 0.6 is 0 Å². The molecule has 0 saturated carbocycles. The molecule has 11 rings (SSSR count). The van der Waals surface area contributed by atoms with Gasteiger partial charge in [-0.05, 0) is 130 Å². The summed E-state index contributed by atoms with van der Waals surface area (Å²) in [6.07, 6.45) is 4.27. The van der Waals surface area contributed by atoms with Crippen molar-refractivity contribution < 1.29 is 0 Å². The molecule has 8 aromatic carbocycles. The molecule has 0 fully saturated rings. The number of nitrogens with zero attached hydrogens (tertiary/aromatic N) is 2. The lowest BCUT2D eigenvalue weighted by Crippen LogP contribution is -2.27. The molecule has 3 aliphatic carbocycles. The summed E-state index contributed by atoms with van der Waals surface area (Å²) in [6, 6.07) is 72.2. The van der Waals surface area contributed by atoms with Crippen molar-refractivity contribution in [1.82, 2.24) is 0 Å². The second-order valence-electron chi connectivity index (χ2n) is 16.8. The van der Waals surface area contributed by atoms with Gasteiger partial charge in [-0.1, -0.05) is 153 Å². The molecule has 2 nitrogen and oxygen atoms in total. The van der Waals surface area contributed by atoms with Crippen LogP contribution in [0.2, 0.25) is 0 Å². The fraction of sp³-hybridized carbons (Fsp3) is 0.143. The molecule has 0 radical (unpaired) electrons. The zero-order valence-corrected chi connectivity index (χ0v) is 33.2. The van der Waals surface area contributed by atoms with E-state index >= 15 is 0 Å². The molecule has 280 valence electrons. The third kappa shape index (κ3) is 5.24. The number of fused-ring (bicyclic) bond motifs is 7. The highest BCUT2D eigenvalue weighted by molar-refractivity contribution is 5.92. The van der Waals surface area contributed by atoms with Gasteiger partial charge in [0.05, 0.1) is 17.1 Å². The van der Waals surface area contributed by atoms with Crippen molar-refractivity contribution in [2.24, 2.45) is 0 Å². The van der Waals surface area contributed by atoms with E-state index in [-0.39, 0.29) is 10.8 Å². The lowest BCUT2D eigenvalue weighted by molar-refractivity contribution is 0.508. The maximum Gasteiger partial charge on any atom is 0.0540 e. The normalized spacial score (nSPS) is 16.7. The Morgan fingerprint density at radius 2 is 0.879 bits per heavy atom. The van der Waals surface area contributed by atoms with Crippen molar-refractivity contribution in [3.05, 3.63) is 228 Å². The van der Waals surface area contributed by atoms with E-state index in [9.17, 15) is 0 Å². The van der Waals surface area contributed by atoms with Crippen LogP contribution in [0.15, 0.2) is 194 Å². The highest BCUT2D eigenvalue weighted by atomic mass is 15.2. The van der Waals surface area contributed by atoms with Crippen LogP contribution in [-0.4, -0.2) is 0 Å². The van der Waals surface area contributed by atoms with Gasteiger partial charge < -0.3 is 9.80 Å². The van der Waals surface area contributed by atoms with E-state index in [0.717, 1.165) is 25.7 Å². The van der Waals surface area contributed by atoms with E-state index in [1.807, 2.05) is 0 Å². The van der Waals surface area contributed by atoms with Crippen molar-refractivity contribution in [3.8, 4) is 22.3 Å². The smallest absolute Gasteiger partial charge is 0.0540 e. The Labute approximate surface area is 342 Å². The molecule has 58 heavy (non-hydrogen) atoms. The molecule has 0 aliphatic heterocycles. The summed E-state index contributed by atoms with van der Waals surface area (Å²) in [5.41, 5.74) is 20.9. The van der Waals surface area contributed by atoms with E-state index in [4.69, 9.17) is 0 Å². The average molecular weight is 747 g/mol. The molecule has 1 atom stereocenters. The Bertz CT molecular complexity index is 2820. The number of hydrogen-bond acceptors (Lipinski definition) is 2. The Balaban J connectivity index is 1.13. The predicted octanol–water partition coefficient (Wildman–Crippen LogP) is 14.8. The van der Waals surface area contributed by atoms with Crippen molar-refractivity contribution in [3.63, 3.8) is 0 Å². The van der Waals surface area contributed by atoms with Crippen LogP contribution in [0.4, 0.5) is 34.1 Å². The van der Waals surface area contributed by atoms with Crippen LogP contribution in [0.1, 0.15) is 60.1 Å². The van der Waals surface area contributed by atoms with Gasteiger partial charge in [-0.3, -0.25) is 0 Å². The second kappa shape index (κ2) is 13.5. The van der Waals surface area contributed by atoms with E-state index in [1.54, 1.807) is 0 Å². The molecule has 0 saturated heterocycles. The van der Waals surface area contributed by atoms with Gasteiger partial charge in [0.1, 0.15) is 0 Å². The minimum atomic E-state index is -0.162. The minimum absolute atomic E-state index is 0.0478. The SMILES string of the molecule is CC1(C)c2ccccc2-c2cc(N(c3ccccc3)c3cccc4c3[C@@]3(CC4)CCc4cccc(N(c5ccccc5)c5ccccc5-c5ccccc5)c43)ccc21. The monoisotopic (exact) mass is 746 g/mol. The average Bonchev–Trinajstić information content (AvgIpc) is 3.93. The molecule has 0 unspecified atom stereocenters. The standard InChI is InChI=1S/C56H46N2/c1-55(2)48-28-14-12-27-46(48)47-38-44(32-33-49(47)55)57(42-22-8-4-9-23-42)51-30-16-20-40-34-36-56(53(40)51)37-35-41-21-17-31-52(54(41)56)58(43-24-10-5-11-25-43)50-29-15-13-26-45(50)39-18-6-3-7-19-39/h3-33,38H,34-37H2,1-2H3/t56-/m1/s1. The first-order chi connectivity index (χ1) is 28.5. The molecular weight excluding hydrogens is 701 g/mol. The summed E-state index contributed by atoms with van der Waals surface area (Å²) < 4.78 is 0. The number of hydrogen-bond donors (Lipinski definition) is 0. The van der Waals surface area contributed by atoms with Crippen molar-refractivity contribution in [2.75, 3.05) is 9.80 Å². The van der Waals surface area contributed by atoms with Crippen molar-refractivity contribution in [2.45, 2.75) is 50.4 Å². The number of anilines is 6. The highest BCUT2D eigenvalue weighted by Crippen LogP contribution is 2.60. The fourth-order valence-corrected chi connectivity index (χ4v) is 10.9. The molecule has 8 aromatic rings. The van der Waals surface area contributed by atoms with Crippen LogP contribution in [-0.2, 0) is 23.7 Å². The van der Waals surface area contributed by atoms with E-state index in [0.29, 0.717) is 0 Å². The number of rotatable bonds is 7. The lowest BCUT2D eigenvalue weighted by atomic mass is 9.74. The van der Waals surface area contributed by atoms with Crippen LogP contribution < -0.4 is 9.80 Å². The second-order valence-corrected chi connectivity index (χ2v) is 16.8. The van der Waals surface area contributed by atoms with Crippen LogP contribution in [0.3, 0.4) is 0 Å². The summed E-state index contributed by atoms with van der Waals surface area (Å²) in [5.74, 6) is 0. The summed E-state index contributed by atoms with van der Waals surface area (Å²) in [7, 11) is 0. The van der Waals surface area contributed by atoms with Crippen LogP contribution in [0.25, 0.3) is 22.3 Å². The van der Waals surface area contributed by atoms with Gasteiger partial charge in [0.15, 0.2) is 0 Å². The first kappa shape index (κ1) is 34.6. The molecule has 0 aromatic heterocycles. The highest BCUT2D eigenvalue weighted by Gasteiger charge is 2.49. The Morgan fingerprint density at radius 1 is 0.379 bits per heavy atom. The summed E-state index contributed by atoms with van der Waals surface area (Å²) in [5, 5.41) is 0. The molecule has 3 aliphatic rings. The zero-order chi connectivity index (χ0) is 38.8. The van der Waals surface area contributed by atoms with Gasteiger partial charge in [-0.25, -0.2) is 0 Å². The molecule has 0 bridgehead atoms. The minimum Gasteiger partial charge on any atom is -0.310 e. The topological polar surface area (TPSA) is 6.48 Å². The number of benzene rings is 8. The third-order valence-electron chi connectivity index (χ3n) is 13.4. The fourth-order valence-electron chi connectivity index (χ4n) is 10.9. The van der Waals surface area contributed by atoms with Gasteiger partial charge in [0, 0.05) is 33.5 Å². The van der Waals surface area contributed by atoms with Crippen LogP contribution in [0.5, 0.6) is 0 Å². The van der Waals surface area contributed by atoms with Gasteiger partial charge in [-0.15, -0.1) is 0 Å². The zero-order valence-electron chi connectivity index (χ0n) is 33.2. The van der Waals surface area contributed by atoms with Gasteiger partial charge in [-0.2, -0.15) is 0 Å². The van der Waals surface area contributed by atoms with E-state index < -0.39 is 0 Å². The number of para-hydroxylation sites is 3. The first-order valence-corrected chi connectivity index (χ1v) is 20.9. The van der Waals surface area contributed by atoms with Gasteiger partial charge >= 0.3 is 0 Å². The first-order valence-electron chi connectivity index (χ1n) is 20.9. The summed E-state index contributed by atoms with van der Waals surface area (Å²) >= 11 is 0. The van der Waals surface area contributed by atoms with Gasteiger partial charge in [0.25, 0.3) is 0 Å². The molecule has 1 spiro atoms. The van der Waals surface area contributed by atoms with Crippen molar-refractivity contribution >= 4 is 34.1 Å². The van der Waals surface area contributed by atoms with Crippen LogP contribution in [0, 0.1) is 0 Å². The molecule has 0 N–H and O–H groups in total. The third-order valence-corrected chi connectivity index (χ3v) is 13.4. The quantitative estimate of drug-likeness (QED) is 0.160. The summed E-state index contributed by atoms with van der Waals surface area (Å²) in [4.78, 5) is 5.10. The lowest BCUT2D eigenvalue weighted by Gasteiger charge is -2.37. The maximum absolute atomic E-state index is 2.56. The van der Waals surface area contributed by atoms with E-state index in [1.165, 1.54) is 89.8 Å².